The molecule has 1 aliphatic heterocycles. The summed E-state index contributed by atoms with van der Waals surface area (Å²) in [6.45, 7) is 4.64. The maximum absolute atomic E-state index is 13.0. The summed E-state index contributed by atoms with van der Waals surface area (Å²) in [6.07, 6.45) is 0.686. The van der Waals surface area contributed by atoms with Crippen molar-refractivity contribution in [3.63, 3.8) is 0 Å². The summed E-state index contributed by atoms with van der Waals surface area (Å²) in [7, 11) is 0. The van der Waals surface area contributed by atoms with Gasteiger partial charge in [0.05, 0.1) is 0 Å². The van der Waals surface area contributed by atoms with Crippen LogP contribution in [0.15, 0.2) is 78.9 Å². The Balaban J connectivity index is 1.27. The normalized spacial score (nSPS) is 15.5. The average Bonchev–Trinajstić information content (AvgIpc) is 3.49. The van der Waals surface area contributed by atoms with Gasteiger partial charge in [-0.3, -0.25) is 9.59 Å². The molecule has 1 unspecified atom stereocenters. The van der Waals surface area contributed by atoms with Crippen molar-refractivity contribution in [1.29, 1.82) is 0 Å². The van der Waals surface area contributed by atoms with Crippen molar-refractivity contribution < 1.29 is 9.59 Å². The number of aromatic nitrogens is 2. The minimum atomic E-state index is -0.116. The molecular weight excluding hydrogens is 468 g/mol. The topological polar surface area (TPSA) is 75.2 Å². The molecule has 6 nitrogen and oxygen atoms in total. The first kappa shape index (κ1) is 23.9. The second kappa shape index (κ2) is 10.4. The number of aryl methyl sites for hydroxylation is 2. The molecule has 5 rings (SSSR count). The lowest BCUT2D eigenvalue weighted by Gasteiger charge is -2.17. The zero-order chi connectivity index (χ0) is 25.1. The van der Waals surface area contributed by atoms with Gasteiger partial charge in [-0.2, -0.15) is 0 Å². The van der Waals surface area contributed by atoms with E-state index in [4.69, 9.17) is 0 Å². The molecule has 0 bridgehead atoms. The molecule has 182 valence electrons. The van der Waals surface area contributed by atoms with Gasteiger partial charge in [-0.05, 0) is 48.2 Å². The molecule has 0 aliphatic carbocycles. The summed E-state index contributed by atoms with van der Waals surface area (Å²) in [5.41, 5.74) is 5.37. The maximum Gasteiger partial charge on any atom is 0.227 e. The van der Waals surface area contributed by atoms with Gasteiger partial charge < -0.3 is 10.2 Å². The van der Waals surface area contributed by atoms with Crippen LogP contribution in [0.4, 0.5) is 10.8 Å². The number of amides is 2. The fourth-order valence-electron chi connectivity index (χ4n) is 4.83. The number of carbonyl (C=O) groups is 2. The predicted octanol–water partition coefficient (Wildman–Crippen LogP) is 5.84. The largest absolute Gasteiger partial charge is 0.312 e. The van der Waals surface area contributed by atoms with Gasteiger partial charge in [0.25, 0.3) is 0 Å². The highest BCUT2D eigenvalue weighted by atomic mass is 32.1. The highest BCUT2D eigenvalue weighted by Gasteiger charge is 2.34. The number of hydrogen-bond acceptors (Lipinski definition) is 5. The van der Waals surface area contributed by atoms with Crippen molar-refractivity contribution in [3.8, 4) is 0 Å². The first-order chi connectivity index (χ1) is 17.5. The first-order valence-corrected chi connectivity index (χ1v) is 12.9. The second-order valence-electron chi connectivity index (χ2n) is 9.32. The monoisotopic (exact) mass is 496 g/mol. The maximum atomic E-state index is 13.0. The van der Waals surface area contributed by atoms with Gasteiger partial charge in [-0.25, -0.2) is 0 Å². The van der Waals surface area contributed by atoms with Crippen molar-refractivity contribution in [2.45, 2.75) is 38.5 Å². The molecule has 1 saturated heterocycles. The van der Waals surface area contributed by atoms with E-state index in [2.05, 4.69) is 21.6 Å². The van der Waals surface area contributed by atoms with E-state index >= 15 is 0 Å². The van der Waals surface area contributed by atoms with Crippen molar-refractivity contribution >= 4 is 34.0 Å². The van der Waals surface area contributed by atoms with E-state index in [9.17, 15) is 9.59 Å². The lowest BCUT2D eigenvalue weighted by molar-refractivity contribution is -0.117. The van der Waals surface area contributed by atoms with E-state index in [0.29, 0.717) is 24.5 Å². The quantitative estimate of drug-likeness (QED) is 0.349. The van der Waals surface area contributed by atoms with Gasteiger partial charge in [0.2, 0.25) is 16.9 Å². The molecule has 1 aliphatic rings. The molecule has 1 fully saturated rings. The Morgan fingerprint density at radius 3 is 2.19 bits per heavy atom. The number of nitrogens with one attached hydrogen (secondary N) is 1. The summed E-state index contributed by atoms with van der Waals surface area (Å²) >= 11 is 1.35. The lowest BCUT2D eigenvalue weighted by Crippen LogP contribution is -2.24. The van der Waals surface area contributed by atoms with E-state index < -0.39 is 0 Å². The highest BCUT2D eigenvalue weighted by molar-refractivity contribution is 7.15. The third-order valence-corrected chi connectivity index (χ3v) is 7.47. The van der Waals surface area contributed by atoms with Gasteiger partial charge in [-0.1, -0.05) is 78.1 Å². The molecule has 2 heterocycles. The molecule has 36 heavy (non-hydrogen) atoms. The van der Waals surface area contributed by atoms with Gasteiger partial charge in [0, 0.05) is 36.9 Å². The molecule has 3 aromatic carbocycles. The summed E-state index contributed by atoms with van der Waals surface area (Å²) in [5.74, 6) is -0.129. The van der Waals surface area contributed by atoms with E-state index in [1.165, 1.54) is 11.3 Å². The van der Waals surface area contributed by atoms with Crippen LogP contribution in [0.2, 0.25) is 0 Å². The molecular formula is C29H28N4O2S. The number of rotatable bonds is 7. The van der Waals surface area contributed by atoms with Crippen LogP contribution in [0.3, 0.4) is 0 Å². The van der Waals surface area contributed by atoms with E-state index in [1.54, 1.807) is 0 Å². The fraction of sp³-hybridized carbons (Fsp3) is 0.241. The van der Waals surface area contributed by atoms with E-state index in [0.717, 1.165) is 32.9 Å². The van der Waals surface area contributed by atoms with Crippen LogP contribution < -0.4 is 10.2 Å². The number of nitrogens with zero attached hydrogens (tertiary/aromatic N) is 3. The SMILES string of the molecule is Cc1cc(C)cc(N2CC(c3nnc(NC(=O)CC(c4ccccc4)c4ccccc4)s3)CC2=O)c1. The number of anilines is 2. The third-order valence-electron chi connectivity index (χ3n) is 6.47. The van der Waals surface area contributed by atoms with Crippen LogP contribution in [0, 0.1) is 13.8 Å². The molecule has 0 spiro atoms. The van der Waals surface area contributed by atoms with Crippen molar-refractivity contribution in [2.24, 2.45) is 0 Å². The summed E-state index contributed by atoms with van der Waals surface area (Å²) in [6, 6.07) is 26.3. The Kier molecular flexibility index (Phi) is 6.91. The van der Waals surface area contributed by atoms with Crippen molar-refractivity contribution in [3.05, 3.63) is 106 Å². The standard InChI is InChI=1S/C29H28N4O2S/c1-19-13-20(2)15-24(14-19)33-18-23(16-27(33)35)28-31-32-29(36-28)30-26(34)17-25(21-9-5-3-6-10-21)22-11-7-4-8-12-22/h3-15,23,25H,16-18H2,1-2H3,(H,30,32,34). The van der Waals surface area contributed by atoms with Gasteiger partial charge in [-0.15, -0.1) is 10.2 Å². The van der Waals surface area contributed by atoms with Crippen molar-refractivity contribution in [2.75, 3.05) is 16.8 Å². The smallest absolute Gasteiger partial charge is 0.227 e. The van der Waals surface area contributed by atoms with Gasteiger partial charge in [0.15, 0.2) is 0 Å². The Morgan fingerprint density at radius 1 is 0.972 bits per heavy atom. The summed E-state index contributed by atoms with van der Waals surface area (Å²) in [5, 5.41) is 12.7. The average molecular weight is 497 g/mol. The van der Waals surface area contributed by atoms with Crippen molar-refractivity contribution in [1.82, 2.24) is 10.2 Å². The molecule has 0 radical (unpaired) electrons. The van der Waals surface area contributed by atoms with Crippen LogP contribution in [0.1, 0.15) is 51.9 Å². The Bertz CT molecular complexity index is 1310. The molecule has 7 heteroatoms. The van der Waals surface area contributed by atoms with Crippen LogP contribution in [-0.4, -0.2) is 28.6 Å². The fourth-order valence-corrected chi connectivity index (χ4v) is 5.68. The zero-order valence-electron chi connectivity index (χ0n) is 20.3. The van der Waals surface area contributed by atoms with Crippen LogP contribution >= 0.6 is 11.3 Å². The zero-order valence-corrected chi connectivity index (χ0v) is 21.2. The van der Waals surface area contributed by atoms with E-state index in [-0.39, 0.29) is 23.7 Å². The Hall–Kier alpha value is -3.84. The number of hydrogen-bond donors (Lipinski definition) is 1. The van der Waals surface area contributed by atoms with Crippen LogP contribution in [0.5, 0.6) is 0 Å². The Labute approximate surface area is 215 Å². The second-order valence-corrected chi connectivity index (χ2v) is 10.3. The van der Waals surface area contributed by atoms with E-state index in [1.807, 2.05) is 91.5 Å². The van der Waals surface area contributed by atoms with Crippen LogP contribution in [0.25, 0.3) is 0 Å². The molecule has 0 saturated carbocycles. The van der Waals surface area contributed by atoms with Gasteiger partial charge >= 0.3 is 0 Å². The number of carbonyl (C=O) groups excluding carboxylic acids is 2. The molecule has 1 aromatic heterocycles. The third kappa shape index (κ3) is 5.36. The van der Waals surface area contributed by atoms with Gasteiger partial charge in [0.1, 0.15) is 5.01 Å². The molecule has 4 aromatic rings. The molecule has 1 atom stereocenters. The lowest BCUT2D eigenvalue weighted by atomic mass is 9.88. The minimum Gasteiger partial charge on any atom is -0.312 e. The number of benzene rings is 3. The molecule has 1 N–H and O–H groups in total. The predicted molar refractivity (Wildman–Crippen MR) is 144 cm³/mol. The summed E-state index contributed by atoms with van der Waals surface area (Å²) < 4.78 is 0. The highest BCUT2D eigenvalue weighted by Crippen LogP contribution is 2.35. The minimum absolute atomic E-state index is 0.0390. The van der Waals surface area contributed by atoms with Crippen LogP contribution in [-0.2, 0) is 9.59 Å². The first-order valence-electron chi connectivity index (χ1n) is 12.1. The Morgan fingerprint density at radius 2 is 1.58 bits per heavy atom. The summed E-state index contributed by atoms with van der Waals surface area (Å²) in [4.78, 5) is 27.6. The molecule has 2 amide bonds.